The smallest absolute Gasteiger partial charge is 0.175 e. The Labute approximate surface area is 115 Å². The van der Waals surface area contributed by atoms with E-state index in [9.17, 15) is 0 Å². The number of pyridine rings is 1. The van der Waals surface area contributed by atoms with Gasteiger partial charge in [0.25, 0.3) is 0 Å². The molecule has 0 aliphatic rings. The van der Waals surface area contributed by atoms with Crippen LogP contribution in [0.3, 0.4) is 0 Å². The van der Waals surface area contributed by atoms with Gasteiger partial charge in [-0.2, -0.15) is 0 Å². The van der Waals surface area contributed by atoms with Crippen LogP contribution in [0.15, 0.2) is 52.8 Å². The van der Waals surface area contributed by atoms with Crippen molar-refractivity contribution in [2.24, 2.45) is 10.9 Å². The summed E-state index contributed by atoms with van der Waals surface area (Å²) in [6, 6.07) is 9.06. The van der Waals surface area contributed by atoms with Crippen LogP contribution in [0.1, 0.15) is 5.56 Å². The molecule has 3 N–H and O–H groups in total. The summed E-state index contributed by atoms with van der Waals surface area (Å²) >= 11 is 1.50. The van der Waals surface area contributed by atoms with Crippen LogP contribution >= 0.6 is 11.8 Å². The molecule has 0 radical (unpaired) electrons. The van der Waals surface area contributed by atoms with Crippen molar-refractivity contribution in [2.45, 2.75) is 4.90 Å². The second kappa shape index (κ2) is 6.10. The summed E-state index contributed by atoms with van der Waals surface area (Å²) in [5.41, 5.74) is 6.29. The van der Waals surface area contributed by atoms with Gasteiger partial charge in [-0.1, -0.05) is 11.2 Å². The van der Waals surface area contributed by atoms with E-state index in [1.54, 1.807) is 30.6 Å². The van der Waals surface area contributed by atoms with E-state index >= 15 is 0 Å². The number of hydrogen-bond acceptors (Lipinski definition) is 5. The van der Waals surface area contributed by atoms with Crippen molar-refractivity contribution in [3.8, 4) is 11.5 Å². The molecule has 1 aromatic carbocycles. The van der Waals surface area contributed by atoms with Gasteiger partial charge in [0.2, 0.25) is 0 Å². The lowest BCUT2D eigenvalue weighted by Crippen LogP contribution is -2.15. The number of rotatable bonds is 4. The molecule has 0 spiro atoms. The maximum Gasteiger partial charge on any atom is 0.175 e. The molecular weight excluding hydrogens is 262 g/mol. The number of aromatic nitrogens is 1. The van der Waals surface area contributed by atoms with Crippen molar-refractivity contribution in [3.63, 3.8) is 0 Å². The van der Waals surface area contributed by atoms with Crippen LogP contribution in [0.5, 0.6) is 11.5 Å². The molecule has 0 atom stereocenters. The van der Waals surface area contributed by atoms with Crippen LogP contribution in [0.4, 0.5) is 0 Å². The Balaban J connectivity index is 2.45. The number of nitrogens with zero attached hydrogens (tertiary/aromatic N) is 2. The molecule has 1 aromatic heterocycles. The summed E-state index contributed by atoms with van der Waals surface area (Å²) in [4.78, 5) is 4.85. The quantitative estimate of drug-likeness (QED) is 0.295. The summed E-state index contributed by atoms with van der Waals surface area (Å²) in [6.07, 6.45) is 5.18. The fourth-order valence-corrected chi connectivity index (χ4v) is 2.23. The minimum atomic E-state index is 0.0174. The van der Waals surface area contributed by atoms with Gasteiger partial charge >= 0.3 is 0 Å². The van der Waals surface area contributed by atoms with Gasteiger partial charge in [0.1, 0.15) is 11.5 Å². The number of nitrogens with two attached hydrogens (primary N) is 1. The topological polar surface area (TPSA) is 80.7 Å². The van der Waals surface area contributed by atoms with Gasteiger partial charge in [-0.15, -0.1) is 11.8 Å². The molecule has 0 fully saturated rings. The average molecular weight is 275 g/mol. The van der Waals surface area contributed by atoms with Crippen LogP contribution < -0.4 is 10.5 Å². The minimum Gasteiger partial charge on any atom is -0.455 e. The monoisotopic (exact) mass is 275 g/mol. The van der Waals surface area contributed by atoms with E-state index in [2.05, 4.69) is 10.1 Å². The highest BCUT2D eigenvalue weighted by atomic mass is 32.2. The van der Waals surface area contributed by atoms with Crippen LogP contribution in [0, 0.1) is 0 Å². The van der Waals surface area contributed by atoms with Crippen LogP contribution in [-0.4, -0.2) is 22.3 Å². The molecule has 6 heteroatoms. The van der Waals surface area contributed by atoms with Gasteiger partial charge in [-0.05, 0) is 30.5 Å². The molecule has 0 aliphatic carbocycles. The number of ether oxygens (including phenoxy) is 1. The van der Waals surface area contributed by atoms with Gasteiger partial charge in [0.05, 0.1) is 11.8 Å². The number of benzene rings is 1. The normalized spacial score (nSPS) is 11.3. The molecule has 98 valence electrons. The zero-order chi connectivity index (χ0) is 13.7. The van der Waals surface area contributed by atoms with Gasteiger partial charge < -0.3 is 15.7 Å². The first-order valence-corrected chi connectivity index (χ1v) is 6.71. The van der Waals surface area contributed by atoms with Crippen molar-refractivity contribution in [3.05, 3.63) is 48.3 Å². The third-order valence-electron chi connectivity index (χ3n) is 2.43. The van der Waals surface area contributed by atoms with Crippen LogP contribution in [0.25, 0.3) is 0 Å². The molecule has 0 unspecified atom stereocenters. The largest absolute Gasteiger partial charge is 0.455 e. The first kappa shape index (κ1) is 13.2. The van der Waals surface area contributed by atoms with E-state index in [4.69, 9.17) is 15.7 Å². The summed E-state index contributed by atoms with van der Waals surface area (Å²) < 4.78 is 5.73. The molecular formula is C13H13N3O2S. The molecule has 0 saturated carbocycles. The first-order chi connectivity index (χ1) is 9.26. The Morgan fingerprint density at radius 3 is 2.84 bits per heavy atom. The van der Waals surface area contributed by atoms with E-state index < -0.39 is 0 Å². The SMILES string of the molecule is CSc1cccc(Oc2cccnc2)c1/C(N)=N/O. The van der Waals surface area contributed by atoms with Crippen molar-refractivity contribution in [1.82, 2.24) is 4.98 Å². The van der Waals surface area contributed by atoms with Crippen LogP contribution in [-0.2, 0) is 0 Å². The Bertz CT molecular complexity index is 588. The minimum absolute atomic E-state index is 0.0174. The van der Waals surface area contributed by atoms with Crippen molar-refractivity contribution >= 4 is 17.6 Å². The molecule has 2 aromatic rings. The second-order valence-electron chi connectivity index (χ2n) is 3.61. The third-order valence-corrected chi connectivity index (χ3v) is 3.21. The van der Waals surface area contributed by atoms with Gasteiger partial charge in [-0.3, -0.25) is 4.98 Å². The fourth-order valence-electron chi connectivity index (χ4n) is 1.60. The Morgan fingerprint density at radius 2 is 2.21 bits per heavy atom. The van der Waals surface area contributed by atoms with E-state index in [-0.39, 0.29) is 5.84 Å². The molecule has 5 nitrogen and oxygen atoms in total. The third kappa shape index (κ3) is 2.97. The molecule has 0 saturated heterocycles. The van der Waals surface area contributed by atoms with E-state index in [0.717, 1.165) is 4.90 Å². The zero-order valence-electron chi connectivity index (χ0n) is 10.3. The number of oxime groups is 1. The van der Waals surface area contributed by atoms with Crippen molar-refractivity contribution in [2.75, 3.05) is 6.26 Å². The molecule has 0 bridgehead atoms. The zero-order valence-corrected chi connectivity index (χ0v) is 11.1. The Morgan fingerprint density at radius 1 is 1.37 bits per heavy atom. The van der Waals surface area contributed by atoms with Crippen molar-refractivity contribution in [1.29, 1.82) is 0 Å². The highest BCUT2D eigenvalue weighted by molar-refractivity contribution is 7.98. The maximum atomic E-state index is 8.88. The average Bonchev–Trinajstić information content (AvgIpc) is 2.47. The van der Waals surface area contributed by atoms with E-state index in [1.807, 2.05) is 18.4 Å². The fraction of sp³-hybridized carbons (Fsp3) is 0.0769. The van der Waals surface area contributed by atoms with E-state index in [1.165, 1.54) is 11.8 Å². The predicted molar refractivity (Wildman–Crippen MR) is 75.0 cm³/mol. The lowest BCUT2D eigenvalue weighted by Gasteiger charge is -2.12. The van der Waals surface area contributed by atoms with Gasteiger partial charge in [0.15, 0.2) is 5.84 Å². The Kier molecular flexibility index (Phi) is 4.25. The van der Waals surface area contributed by atoms with Gasteiger partial charge in [0, 0.05) is 11.1 Å². The second-order valence-corrected chi connectivity index (χ2v) is 4.46. The molecule has 1 heterocycles. The molecule has 19 heavy (non-hydrogen) atoms. The lowest BCUT2D eigenvalue weighted by atomic mass is 10.2. The summed E-state index contributed by atoms with van der Waals surface area (Å²) in [5.74, 6) is 1.13. The Hall–Kier alpha value is -2.21. The highest BCUT2D eigenvalue weighted by Gasteiger charge is 2.14. The summed E-state index contributed by atoms with van der Waals surface area (Å²) in [5, 5.41) is 11.9. The maximum absolute atomic E-state index is 8.88. The summed E-state index contributed by atoms with van der Waals surface area (Å²) in [7, 11) is 0. The van der Waals surface area contributed by atoms with Crippen molar-refractivity contribution < 1.29 is 9.94 Å². The first-order valence-electron chi connectivity index (χ1n) is 5.49. The number of hydrogen-bond donors (Lipinski definition) is 2. The lowest BCUT2D eigenvalue weighted by molar-refractivity contribution is 0.318. The molecule has 0 aliphatic heterocycles. The molecule has 0 amide bonds. The molecule has 2 rings (SSSR count). The standard InChI is InChI=1S/C13H13N3O2S/c1-19-11-6-2-5-10(12(11)13(14)16-17)18-9-4-3-7-15-8-9/h2-8,17H,1H3,(H2,14,16). The predicted octanol–water partition coefficient (Wildman–Crippen LogP) is 2.69. The number of amidine groups is 1. The van der Waals surface area contributed by atoms with E-state index in [0.29, 0.717) is 17.1 Å². The highest BCUT2D eigenvalue weighted by Crippen LogP contribution is 2.31. The summed E-state index contributed by atoms with van der Waals surface area (Å²) in [6.45, 7) is 0. The number of thioether (sulfide) groups is 1. The van der Waals surface area contributed by atoms with Gasteiger partial charge in [-0.25, -0.2) is 0 Å². The van der Waals surface area contributed by atoms with Crippen LogP contribution in [0.2, 0.25) is 0 Å².